The summed E-state index contributed by atoms with van der Waals surface area (Å²) in [5.74, 6) is -0.822. The monoisotopic (exact) mass is 146 g/mol. The zero-order valence-corrected chi connectivity index (χ0v) is 6.13. The molecule has 0 amide bonds. The number of hydrogen-bond acceptors (Lipinski definition) is 3. The van der Waals surface area contributed by atoms with E-state index in [9.17, 15) is 4.79 Å². The second kappa shape index (κ2) is 5.20. The van der Waals surface area contributed by atoms with E-state index < -0.39 is 12.0 Å². The van der Waals surface area contributed by atoms with Crippen molar-refractivity contribution in [2.24, 2.45) is 5.73 Å². The van der Waals surface area contributed by atoms with E-state index in [0.29, 0.717) is 13.1 Å². The molecular formula is C6H14N2O2. The number of carbonyl (C=O) groups is 1. The molecule has 0 radical (unpaired) electrons. The first-order valence-corrected chi connectivity index (χ1v) is 3.34. The largest absolute Gasteiger partial charge is 0.480 e. The SMILES string of the molecule is C[C@H](NCCCN)C(=O)O. The molecule has 0 bridgehead atoms. The van der Waals surface area contributed by atoms with Crippen LogP contribution in [0.3, 0.4) is 0 Å². The van der Waals surface area contributed by atoms with Gasteiger partial charge in [0.2, 0.25) is 0 Å². The summed E-state index contributed by atoms with van der Waals surface area (Å²) in [6.07, 6.45) is 0.817. The Hall–Kier alpha value is -0.610. The Labute approximate surface area is 60.4 Å². The summed E-state index contributed by atoms with van der Waals surface area (Å²) in [7, 11) is 0. The minimum absolute atomic E-state index is 0.466. The second-order valence-corrected chi connectivity index (χ2v) is 2.16. The molecule has 60 valence electrons. The van der Waals surface area contributed by atoms with Crippen LogP contribution in [0.1, 0.15) is 13.3 Å². The Morgan fingerprint density at radius 3 is 2.80 bits per heavy atom. The zero-order valence-electron chi connectivity index (χ0n) is 6.13. The summed E-state index contributed by atoms with van der Waals surface area (Å²) in [6.45, 7) is 2.88. The topological polar surface area (TPSA) is 75.3 Å². The third kappa shape index (κ3) is 4.29. The van der Waals surface area contributed by atoms with Gasteiger partial charge in [-0.3, -0.25) is 4.79 Å². The van der Waals surface area contributed by atoms with Crippen molar-refractivity contribution in [3.8, 4) is 0 Å². The minimum atomic E-state index is -0.822. The molecule has 0 heterocycles. The highest BCUT2D eigenvalue weighted by Crippen LogP contribution is 1.80. The molecule has 4 N–H and O–H groups in total. The Morgan fingerprint density at radius 1 is 1.80 bits per heavy atom. The molecule has 0 spiro atoms. The molecule has 0 aromatic rings. The molecule has 0 aromatic carbocycles. The lowest BCUT2D eigenvalue weighted by atomic mass is 10.3. The third-order valence-electron chi connectivity index (χ3n) is 1.20. The normalized spacial score (nSPS) is 13.0. The molecule has 0 saturated carbocycles. The fourth-order valence-electron chi connectivity index (χ4n) is 0.508. The Bertz CT molecular complexity index is 106. The van der Waals surface area contributed by atoms with Gasteiger partial charge < -0.3 is 16.2 Å². The van der Waals surface area contributed by atoms with Crippen LogP contribution in [0.25, 0.3) is 0 Å². The highest BCUT2D eigenvalue weighted by molar-refractivity contribution is 5.72. The number of carboxylic acid groups (broad SMARTS) is 1. The summed E-state index contributed by atoms with van der Waals surface area (Å²) in [4.78, 5) is 10.2. The highest BCUT2D eigenvalue weighted by atomic mass is 16.4. The van der Waals surface area contributed by atoms with Crippen LogP contribution in [0, 0.1) is 0 Å². The van der Waals surface area contributed by atoms with Crippen LogP contribution < -0.4 is 11.1 Å². The van der Waals surface area contributed by atoms with Crippen LogP contribution in [0.2, 0.25) is 0 Å². The van der Waals surface area contributed by atoms with Crippen molar-refractivity contribution in [3.63, 3.8) is 0 Å². The van der Waals surface area contributed by atoms with Gasteiger partial charge in [-0.05, 0) is 26.4 Å². The number of nitrogens with one attached hydrogen (secondary N) is 1. The van der Waals surface area contributed by atoms with Crippen LogP contribution in [0.4, 0.5) is 0 Å². The van der Waals surface area contributed by atoms with E-state index in [-0.39, 0.29) is 0 Å². The van der Waals surface area contributed by atoms with Crippen LogP contribution in [0.15, 0.2) is 0 Å². The molecule has 0 unspecified atom stereocenters. The molecular weight excluding hydrogens is 132 g/mol. The van der Waals surface area contributed by atoms with Crippen molar-refractivity contribution in [2.75, 3.05) is 13.1 Å². The maximum Gasteiger partial charge on any atom is 0.320 e. The molecule has 4 nitrogen and oxygen atoms in total. The third-order valence-corrected chi connectivity index (χ3v) is 1.20. The molecule has 1 atom stereocenters. The van der Waals surface area contributed by atoms with Gasteiger partial charge in [-0.15, -0.1) is 0 Å². The van der Waals surface area contributed by atoms with Crippen molar-refractivity contribution < 1.29 is 9.90 Å². The fourth-order valence-corrected chi connectivity index (χ4v) is 0.508. The summed E-state index contributed by atoms with van der Waals surface area (Å²) in [5.41, 5.74) is 5.20. The minimum Gasteiger partial charge on any atom is -0.480 e. The van der Waals surface area contributed by atoms with Crippen molar-refractivity contribution in [2.45, 2.75) is 19.4 Å². The van der Waals surface area contributed by atoms with Gasteiger partial charge in [0.15, 0.2) is 0 Å². The number of rotatable bonds is 5. The van der Waals surface area contributed by atoms with Gasteiger partial charge in [0.05, 0.1) is 0 Å². The Morgan fingerprint density at radius 2 is 2.40 bits per heavy atom. The summed E-state index contributed by atoms with van der Waals surface area (Å²) < 4.78 is 0. The lowest BCUT2D eigenvalue weighted by Gasteiger charge is -2.06. The average molecular weight is 146 g/mol. The van der Waals surface area contributed by atoms with Gasteiger partial charge in [0, 0.05) is 0 Å². The molecule has 10 heavy (non-hydrogen) atoms. The van der Waals surface area contributed by atoms with Gasteiger partial charge in [0.25, 0.3) is 0 Å². The summed E-state index contributed by atoms with van der Waals surface area (Å²) in [5, 5.41) is 11.2. The van der Waals surface area contributed by atoms with Gasteiger partial charge >= 0.3 is 5.97 Å². The first-order valence-electron chi connectivity index (χ1n) is 3.34. The van der Waals surface area contributed by atoms with Crippen LogP contribution in [-0.2, 0) is 4.79 Å². The van der Waals surface area contributed by atoms with E-state index in [1.807, 2.05) is 0 Å². The second-order valence-electron chi connectivity index (χ2n) is 2.16. The molecule has 0 aromatic heterocycles. The lowest BCUT2D eigenvalue weighted by Crippen LogP contribution is -2.34. The molecule has 4 heteroatoms. The smallest absolute Gasteiger partial charge is 0.320 e. The number of carboxylic acids is 1. The predicted molar refractivity (Wildman–Crippen MR) is 38.8 cm³/mol. The fraction of sp³-hybridized carbons (Fsp3) is 0.833. The van der Waals surface area contributed by atoms with Gasteiger partial charge in [-0.25, -0.2) is 0 Å². The van der Waals surface area contributed by atoms with Crippen molar-refractivity contribution in [1.29, 1.82) is 0 Å². The first kappa shape index (κ1) is 9.39. The van der Waals surface area contributed by atoms with Crippen LogP contribution in [0.5, 0.6) is 0 Å². The first-order chi connectivity index (χ1) is 4.68. The molecule has 0 saturated heterocycles. The number of nitrogens with two attached hydrogens (primary N) is 1. The van der Waals surface area contributed by atoms with Crippen LogP contribution in [-0.4, -0.2) is 30.2 Å². The number of aliphatic carboxylic acids is 1. The van der Waals surface area contributed by atoms with Crippen molar-refractivity contribution in [3.05, 3.63) is 0 Å². The van der Waals surface area contributed by atoms with Gasteiger partial charge in [-0.1, -0.05) is 0 Å². The lowest BCUT2D eigenvalue weighted by molar-refractivity contribution is -0.138. The van der Waals surface area contributed by atoms with E-state index in [0.717, 1.165) is 6.42 Å². The Balaban J connectivity index is 3.21. The Kier molecular flexibility index (Phi) is 4.88. The average Bonchev–Trinajstić information content (AvgIpc) is 1.88. The van der Waals surface area contributed by atoms with Gasteiger partial charge in [0.1, 0.15) is 6.04 Å². The summed E-state index contributed by atoms with van der Waals surface area (Å²) in [6, 6.07) is -0.466. The van der Waals surface area contributed by atoms with E-state index >= 15 is 0 Å². The molecule has 0 aliphatic carbocycles. The van der Waals surface area contributed by atoms with Gasteiger partial charge in [-0.2, -0.15) is 0 Å². The molecule has 0 rings (SSSR count). The number of hydrogen-bond donors (Lipinski definition) is 3. The van der Waals surface area contributed by atoms with E-state index in [1.165, 1.54) is 0 Å². The maximum absolute atomic E-state index is 10.2. The van der Waals surface area contributed by atoms with E-state index in [1.54, 1.807) is 6.92 Å². The van der Waals surface area contributed by atoms with Crippen molar-refractivity contribution >= 4 is 5.97 Å². The highest BCUT2D eigenvalue weighted by Gasteiger charge is 2.07. The van der Waals surface area contributed by atoms with E-state index in [4.69, 9.17) is 10.8 Å². The van der Waals surface area contributed by atoms with E-state index in [2.05, 4.69) is 5.32 Å². The quantitative estimate of drug-likeness (QED) is 0.453. The zero-order chi connectivity index (χ0) is 7.98. The standard InChI is InChI=1S/C6H14N2O2/c1-5(6(9)10)8-4-2-3-7/h5,8H,2-4,7H2,1H3,(H,9,10)/t5-/m0/s1. The van der Waals surface area contributed by atoms with Crippen LogP contribution >= 0.6 is 0 Å². The molecule has 0 fully saturated rings. The molecule has 0 aliphatic rings. The molecule has 0 aliphatic heterocycles. The van der Waals surface area contributed by atoms with Crippen molar-refractivity contribution in [1.82, 2.24) is 5.32 Å². The summed E-state index contributed by atoms with van der Waals surface area (Å²) >= 11 is 0. The predicted octanol–water partition coefficient (Wildman–Crippen LogP) is -0.602. The maximum atomic E-state index is 10.2.